The second kappa shape index (κ2) is 15.0. The maximum absolute atomic E-state index is 12.5. The third kappa shape index (κ3) is 9.53. The van der Waals surface area contributed by atoms with Crippen LogP contribution >= 0.6 is 0 Å². The summed E-state index contributed by atoms with van der Waals surface area (Å²) in [5.74, 6) is 0.504. The predicted octanol–water partition coefficient (Wildman–Crippen LogP) is 6.92. The Balaban J connectivity index is 1.12. The van der Waals surface area contributed by atoms with Crippen LogP contribution in [0.4, 0.5) is 0 Å². The second-order valence-corrected chi connectivity index (χ2v) is 9.57. The van der Waals surface area contributed by atoms with E-state index >= 15 is 0 Å². The molecule has 3 aromatic rings. The highest BCUT2D eigenvalue weighted by atomic mass is 16.7. The van der Waals surface area contributed by atoms with Crippen LogP contribution in [0, 0.1) is 6.92 Å². The maximum atomic E-state index is 12.5. The zero-order valence-corrected chi connectivity index (χ0v) is 22.4. The van der Waals surface area contributed by atoms with E-state index in [9.17, 15) is 9.59 Å². The Bertz CT molecular complexity index is 1160. The van der Waals surface area contributed by atoms with Crippen LogP contribution in [-0.4, -0.2) is 38.0 Å². The molecule has 4 rings (SSSR count). The summed E-state index contributed by atoms with van der Waals surface area (Å²) in [7, 11) is 0. The summed E-state index contributed by atoms with van der Waals surface area (Å²) in [6, 6.07) is 20.4. The van der Waals surface area contributed by atoms with Gasteiger partial charge in [0.15, 0.2) is 6.29 Å². The Labute approximate surface area is 230 Å². The molecule has 1 fully saturated rings. The van der Waals surface area contributed by atoms with E-state index in [0.717, 1.165) is 57.3 Å². The average molecular weight is 533 g/mol. The van der Waals surface area contributed by atoms with Gasteiger partial charge in [-0.25, -0.2) is 9.59 Å². The number of esters is 2. The van der Waals surface area contributed by atoms with Gasteiger partial charge in [0.1, 0.15) is 17.2 Å². The first kappa shape index (κ1) is 28.3. The number of benzene rings is 3. The molecule has 7 nitrogen and oxygen atoms in total. The summed E-state index contributed by atoms with van der Waals surface area (Å²) in [5, 5.41) is 0. The predicted molar refractivity (Wildman–Crippen MR) is 147 cm³/mol. The molecule has 0 aliphatic carbocycles. The van der Waals surface area contributed by atoms with Crippen LogP contribution in [0.25, 0.3) is 0 Å². The van der Waals surface area contributed by atoms with Crippen molar-refractivity contribution in [1.29, 1.82) is 0 Å². The summed E-state index contributed by atoms with van der Waals surface area (Å²) in [5.41, 5.74) is 1.95. The number of carbonyl (C=O) groups is 2. The summed E-state index contributed by atoms with van der Waals surface area (Å²) >= 11 is 0. The van der Waals surface area contributed by atoms with Gasteiger partial charge in [-0.15, -0.1) is 0 Å². The summed E-state index contributed by atoms with van der Waals surface area (Å²) in [6.07, 6.45) is 7.47. The normalized spacial score (nSPS) is 14.9. The molecule has 1 saturated heterocycles. The number of carbonyl (C=O) groups excluding carboxylic acids is 2. The van der Waals surface area contributed by atoms with Crippen LogP contribution in [0.15, 0.2) is 72.8 Å². The molecular formula is C32H36O7. The molecule has 206 valence electrons. The molecule has 0 aromatic heterocycles. The SMILES string of the molecule is Cc1ccc(C(=O)Oc2ccc(OC(=O)c3ccc(OCCCCCCOC4CCCCO4)cc3)cc2)cc1. The van der Waals surface area contributed by atoms with Crippen molar-refractivity contribution in [3.05, 3.63) is 89.5 Å². The fourth-order valence-electron chi connectivity index (χ4n) is 4.09. The zero-order chi connectivity index (χ0) is 27.3. The molecule has 1 aliphatic heterocycles. The quantitative estimate of drug-likeness (QED) is 0.134. The fourth-order valence-corrected chi connectivity index (χ4v) is 4.09. The largest absolute Gasteiger partial charge is 0.494 e. The van der Waals surface area contributed by atoms with Crippen LogP contribution in [-0.2, 0) is 9.47 Å². The standard InChI is InChI=1S/C32H36O7/c1-24-9-11-25(12-10-24)31(33)38-28-17-19-29(20-18-28)39-32(34)26-13-15-27(16-14-26)35-21-5-2-3-6-22-36-30-8-4-7-23-37-30/h9-20,30H,2-8,21-23H2,1H3. The van der Waals surface area contributed by atoms with Crippen molar-refractivity contribution in [3.8, 4) is 17.2 Å². The van der Waals surface area contributed by atoms with Gasteiger partial charge in [-0.3, -0.25) is 0 Å². The molecular weight excluding hydrogens is 496 g/mol. The van der Waals surface area contributed by atoms with Crippen molar-refractivity contribution in [2.45, 2.75) is 58.2 Å². The Morgan fingerprint density at radius 3 is 1.79 bits per heavy atom. The Morgan fingerprint density at radius 1 is 0.692 bits per heavy atom. The van der Waals surface area contributed by atoms with Gasteiger partial charge in [-0.05, 0) is 106 Å². The number of aryl methyl sites for hydroxylation is 1. The Hall–Kier alpha value is -3.68. The number of unbranched alkanes of at least 4 members (excludes halogenated alkanes) is 3. The van der Waals surface area contributed by atoms with Crippen molar-refractivity contribution < 1.29 is 33.3 Å². The van der Waals surface area contributed by atoms with Crippen molar-refractivity contribution in [3.63, 3.8) is 0 Å². The van der Waals surface area contributed by atoms with E-state index in [1.165, 1.54) is 6.42 Å². The number of ether oxygens (including phenoxy) is 5. The summed E-state index contributed by atoms with van der Waals surface area (Å²) in [4.78, 5) is 24.8. The van der Waals surface area contributed by atoms with E-state index in [-0.39, 0.29) is 6.29 Å². The van der Waals surface area contributed by atoms with Crippen LogP contribution in [0.1, 0.15) is 71.2 Å². The van der Waals surface area contributed by atoms with E-state index < -0.39 is 11.9 Å². The van der Waals surface area contributed by atoms with E-state index in [1.807, 2.05) is 19.1 Å². The van der Waals surface area contributed by atoms with Crippen LogP contribution in [0.3, 0.4) is 0 Å². The van der Waals surface area contributed by atoms with Gasteiger partial charge in [-0.2, -0.15) is 0 Å². The molecule has 7 heteroatoms. The molecule has 0 bridgehead atoms. The van der Waals surface area contributed by atoms with E-state index in [0.29, 0.717) is 35.0 Å². The zero-order valence-electron chi connectivity index (χ0n) is 22.4. The minimum absolute atomic E-state index is 0.0101. The maximum Gasteiger partial charge on any atom is 0.343 e. The smallest absolute Gasteiger partial charge is 0.343 e. The molecule has 39 heavy (non-hydrogen) atoms. The molecule has 0 radical (unpaired) electrons. The van der Waals surface area contributed by atoms with Crippen LogP contribution in [0.2, 0.25) is 0 Å². The molecule has 0 N–H and O–H groups in total. The molecule has 0 amide bonds. The van der Waals surface area contributed by atoms with E-state index in [1.54, 1.807) is 60.7 Å². The van der Waals surface area contributed by atoms with Gasteiger partial charge < -0.3 is 23.7 Å². The molecule has 1 aliphatic rings. The van der Waals surface area contributed by atoms with Crippen molar-refractivity contribution in [1.82, 2.24) is 0 Å². The first-order chi connectivity index (χ1) is 19.1. The average Bonchev–Trinajstić information content (AvgIpc) is 2.96. The number of hydrogen-bond donors (Lipinski definition) is 0. The minimum Gasteiger partial charge on any atom is -0.494 e. The summed E-state index contributed by atoms with van der Waals surface area (Å²) < 4.78 is 27.9. The molecule has 1 atom stereocenters. The first-order valence-corrected chi connectivity index (χ1v) is 13.6. The van der Waals surface area contributed by atoms with Crippen LogP contribution in [0.5, 0.6) is 17.2 Å². The highest BCUT2D eigenvalue weighted by Gasteiger charge is 2.13. The van der Waals surface area contributed by atoms with Crippen molar-refractivity contribution >= 4 is 11.9 Å². The fraction of sp³-hybridized carbons (Fsp3) is 0.375. The van der Waals surface area contributed by atoms with Crippen LogP contribution < -0.4 is 14.2 Å². The Morgan fingerprint density at radius 2 is 1.23 bits per heavy atom. The molecule has 0 saturated carbocycles. The van der Waals surface area contributed by atoms with Gasteiger partial charge >= 0.3 is 11.9 Å². The lowest BCUT2D eigenvalue weighted by Crippen LogP contribution is -2.22. The Kier molecular flexibility index (Phi) is 10.9. The van der Waals surface area contributed by atoms with E-state index in [4.69, 9.17) is 23.7 Å². The lowest BCUT2D eigenvalue weighted by atomic mass is 10.1. The monoisotopic (exact) mass is 532 g/mol. The van der Waals surface area contributed by atoms with Gasteiger partial charge in [0.05, 0.1) is 17.7 Å². The van der Waals surface area contributed by atoms with Gasteiger partial charge in [0.2, 0.25) is 0 Å². The summed E-state index contributed by atoms with van der Waals surface area (Å²) in [6.45, 7) is 4.13. The molecule has 3 aromatic carbocycles. The molecule has 1 unspecified atom stereocenters. The van der Waals surface area contributed by atoms with Gasteiger partial charge in [0, 0.05) is 13.2 Å². The van der Waals surface area contributed by atoms with Gasteiger partial charge in [0.25, 0.3) is 0 Å². The molecule has 0 spiro atoms. The molecule has 1 heterocycles. The van der Waals surface area contributed by atoms with Gasteiger partial charge in [-0.1, -0.05) is 24.1 Å². The third-order valence-electron chi connectivity index (χ3n) is 6.37. The highest BCUT2D eigenvalue weighted by molar-refractivity contribution is 5.92. The lowest BCUT2D eigenvalue weighted by molar-refractivity contribution is -0.162. The first-order valence-electron chi connectivity index (χ1n) is 13.6. The number of rotatable bonds is 13. The van der Waals surface area contributed by atoms with E-state index in [2.05, 4.69) is 0 Å². The highest BCUT2D eigenvalue weighted by Crippen LogP contribution is 2.21. The number of hydrogen-bond acceptors (Lipinski definition) is 7. The van der Waals surface area contributed by atoms with Crippen molar-refractivity contribution in [2.24, 2.45) is 0 Å². The third-order valence-corrected chi connectivity index (χ3v) is 6.37. The minimum atomic E-state index is -0.480. The lowest BCUT2D eigenvalue weighted by Gasteiger charge is -2.22. The topological polar surface area (TPSA) is 80.3 Å². The second-order valence-electron chi connectivity index (χ2n) is 9.57. The van der Waals surface area contributed by atoms with Crippen molar-refractivity contribution in [2.75, 3.05) is 19.8 Å².